The largest absolute Gasteiger partial charge is 0.388 e. The van der Waals surface area contributed by atoms with Crippen LogP contribution in [0.15, 0.2) is 0 Å². The highest BCUT2D eigenvalue weighted by Gasteiger charge is 2.34. The quantitative estimate of drug-likeness (QED) is 0.775. The summed E-state index contributed by atoms with van der Waals surface area (Å²) in [6.07, 6.45) is 3.64. The van der Waals surface area contributed by atoms with Crippen LogP contribution < -0.4 is 5.32 Å². The molecule has 1 saturated heterocycles. The van der Waals surface area contributed by atoms with Gasteiger partial charge >= 0.3 is 0 Å². The second-order valence-electron chi connectivity index (χ2n) is 6.05. The summed E-state index contributed by atoms with van der Waals surface area (Å²) >= 11 is 0. The maximum Gasteiger partial charge on any atom is 0.237 e. The van der Waals surface area contributed by atoms with Gasteiger partial charge in [0.15, 0.2) is 0 Å². The van der Waals surface area contributed by atoms with Gasteiger partial charge in [-0.25, -0.2) is 0 Å². The normalized spacial score (nSPS) is 26.4. The van der Waals surface area contributed by atoms with Crippen molar-refractivity contribution in [2.75, 3.05) is 6.54 Å². The molecule has 0 aliphatic carbocycles. The average molecular weight is 270 g/mol. The Balaban J connectivity index is 2.53. The van der Waals surface area contributed by atoms with E-state index in [0.29, 0.717) is 31.5 Å². The summed E-state index contributed by atoms with van der Waals surface area (Å²) in [4.78, 5) is 14.5. The minimum absolute atomic E-state index is 0.0286. The van der Waals surface area contributed by atoms with Crippen LogP contribution in [-0.2, 0) is 4.79 Å². The second kappa shape index (κ2) is 6.71. The predicted octanol–water partition coefficient (Wildman–Crippen LogP) is 1.91. The standard InChI is InChI=1S/C15H30N2O2/c1-6-15(19,7-2)10-16-14(18)13(5)17-11(3)8-9-12(17)4/h11-13,19H,6-10H2,1-5H3,(H,16,18). The number of rotatable bonds is 6. The molecule has 1 aliphatic rings. The Labute approximate surface area is 117 Å². The van der Waals surface area contributed by atoms with Gasteiger partial charge in [0.25, 0.3) is 0 Å². The van der Waals surface area contributed by atoms with Gasteiger partial charge in [-0.3, -0.25) is 9.69 Å². The second-order valence-corrected chi connectivity index (χ2v) is 6.05. The highest BCUT2D eigenvalue weighted by molar-refractivity contribution is 5.81. The van der Waals surface area contributed by atoms with Crippen LogP contribution in [0.5, 0.6) is 0 Å². The number of hydrogen-bond acceptors (Lipinski definition) is 3. The molecule has 3 unspecified atom stereocenters. The third kappa shape index (κ3) is 3.93. The lowest BCUT2D eigenvalue weighted by Gasteiger charge is -2.33. The molecule has 4 heteroatoms. The Kier molecular flexibility index (Phi) is 5.81. The van der Waals surface area contributed by atoms with Crippen LogP contribution in [0.3, 0.4) is 0 Å². The summed E-state index contributed by atoms with van der Waals surface area (Å²) in [6, 6.07) is 0.810. The lowest BCUT2D eigenvalue weighted by molar-refractivity contribution is -0.128. The first-order chi connectivity index (χ1) is 8.84. The van der Waals surface area contributed by atoms with E-state index in [0.717, 1.165) is 12.8 Å². The maximum absolute atomic E-state index is 12.2. The Hall–Kier alpha value is -0.610. The minimum Gasteiger partial charge on any atom is -0.388 e. The van der Waals surface area contributed by atoms with Gasteiger partial charge in [-0.2, -0.15) is 0 Å². The molecular formula is C15H30N2O2. The first kappa shape index (κ1) is 16.4. The summed E-state index contributed by atoms with van der Waals surface area (Å²) in [6.45, 7) is 10.6. The lowest BCUT2D eigenvalue weighted by Crippen LogP contribution is -2.52. The van der Waals surface area contributed by atoms with Crippen LogP contribution in [-0.4, -0.2) is 46.2 Å². The SMILES string of the molecule is CCC(O)(CC)CNC(=O)C(C)N1C(C)CCC1C. The highest BCUT2D eigenvalue weighted by atomic mass is 16.3. The van der Waals surface area contributed by atoms with E-state index in [-0.39, 0.29) is 11.9 Å². The lowest BCUT2D eigenvalue weighted by atomic mass is 9.97. The number of hydrogen-bond donors (Lipinski definition) is 2. The van der Waals surface area contributed by atoms with Crippen LogP contribution >= 0.6 is 0 Å². The van der Waals surface area contributed by atoms with Crippen molar-refractivity contribution >= 4 is 5.91 Å². The molecule has 3 atom stereocenters. The molecule has 1 aliphatic heterocycles. The van der Waals surface area contributed by atoms with Gasteiger partial charge in [0.1, 0.15) is 0 Å². The van der Waals surface area contributed by atoms with E-state index in [9.17, 15) is 9.90 Å². The topological polar surface area (TPSA) is 52.6 Å². The first-order valence-corrected chi connectivity index (χ1v) is 7.62. The number of aliphatic hydroxyl groups is 1. The van der Waals surface area contributed by atoms with Gasteiger partial charge in [-0.1, -0.05) is 13.8 Å². The highest BCUT2D eigenvalue weighted by Crippen LogP contribution is 2.26. The Bertz CT molecular complexity index is 293. The summed E-state index contributed by atoms with van der Waals surface area (Å²) in [5.74, 6) is 0.0286. The van der Waals surface area contributed by atoms with Crippen molar-refractivity contribution in [2.45, 2.75) is 84.0 Å². The fraction of sp³-hybridized carbons (Fsp3) is 0.933. The van der Waals surface area contributed by atoms with Crippen LogP contribution in [0.25, 0.3) is 0 Å². The molecule has 1 rings (SSSR count). The van der Waals surface area contributed by atoms with Crippen molar-refractivity contribution in [3.8, 4) is 0 Å². The van der Waals surface area contributed by atoms with Crippen molar-refractivity contribution in [3.63, 3.8) is 0 Å². The predicted molar refractivity (Wildman–Crippen MR) is 78.0 cm³/mol. The van der Waals surface area contributed by atoms with E-state index in [2.05, 4.69) is 24.1 Å². The molecule has 0 aromatic carbocycles. The number of likely N-dealkylation sites (tertiary alicyclic amines) is 1. The summed E-state index contributed by atoms with van der Waals surface area (Å²) in [5.41, 5.74) is -0.766. The van der Waals surface area contributed by atoms with Crippen molar-refractivity contribution in [3.05, 3.63) is 0 Å². The van der Waals surface area contributed by atoms with Crippen molar-refractivity contribution in [1.82, 2.24) is 10.2 Å². The summed E-state index contributed by atoms with van der Waals surface area (Å²) < 4.78 is 0. The van der Waals surface area contributed by atoms with Gasteiger partial charge in [0.05, 0.1) is 11.6 Å². The zero-order valence-electron chi connectivity index (χ0n) is 13.1. The van der Waals surface area contributed by atoms with E-state index < -0.39 is 5.60 Å². The van der Waals surface area contributed by atoms with E-state index in [1.165, 1.54) is 0 Å². The molecule has 1 fully saturated rings. The van der Waals surface area contributed by atoms with Crippen LogP contribution in [0.2, 0.25) is 0 Å². The minimum atomic E-state index is -0.766. The Morgan fingerprint density at radius 2 is 1.79 bits per heavy atom. The maximum atomic E-state index is 12.2. The van der Waals surface area contributed by atoms with Crippen molar-refractivity contribution in [2.24, 2.45) is 0 Å². The van der Waals surface area contributed by atoms with Crippen molar-refractivity contribution in [1.29, 1.82) is 0 Å². The van der Waals surface area contributed by atoms with Crippen LogP contribution in [0, 0.1) is 0 Å². The van der Waals surface area contributed by atoms with E-state index in [1.807, 2.05) is 20.8 Å². The molecule has 1 heterocycles. The molecule has 112 valence electrons. The molecule has 19 heavy (non-hydrogen) atoms. The summed E-state index contributed by atoms with van der Waals surface area (Å²) in [5, 5.41) is 13.1. The molecular weight excluding hydrogens is 240 g/mol. The Morgan fingerprint density at radius 3 is 2.21 bits per heavy atom. The fourth-order valence-electron chi connectivity index (χ4n) is 3.01. The molecule has 1 amide bonds. The van der Waals surface area contributed by atoms with Crippen LogP contribution in [0.4, 0.5) is 0 Å². The third-order valence-corrected chi connectivity index (χ3v) is 4.75. The van der Waals surface area contributed by atoms with Gasteiger partial charge in [0, 0.05) is 18.6 Å². The number of carbonyl (C=O) groups excluding carboxylic acids is 1. The molecule has 2 N–H and O–H groups in total. The number of carbonyl (C=O) groups is 1. The fourth-order valence-corrected chi connectivity index (χ4v) is 3.01. The molecule has 0 aromatic rings. The number of amides is 1. The molecule has 0 bridgehead atoms. The number of nitrogens with one attached hydrogen (secondary N) is 1. The molecule has 0 saturated carbocycles. The summed E-state index contributed by atoms with van der Waals surface area (Å²) in [7, 11) is 0. The Morgan fingerprint density at radius 1 is 1.32 bits per heavy atom. The number of nitrogens with zero attached hydrogens (tertiary/aromatic N) is 1. The van der Waals surface area contributed by atoms with Gasteiger partial charge in [-0.05, 0) is 46.5 Å². The van der Waals surface area contributed by atoms with Gasteiger partial charge < -0.3 is 10.4 Å². The van der Waals surface area contributed by atoms with Crippen molar-refractivity contribution < 1.29 is 9.90 Å². The monoisotopic (exact) mass is 270 g/mol. The molecule has 0 spiro atoms. The first-order valence-electron chi connectivity index (χ1n) is 7.62. The van der Waals surface area contributed by atoms with E-state index in [4.69, 9.17) is 0 Å². The molecule has 4 nitrogen and oxygen atoms in total. The average Bonchev–Trinajstić information content (AvgIpc) is 2.74. The smallest absolute Gasteiger partial charge is 0.237 e. The van der Waals surface area contributed by atoms with E-state index >= 15 is 0 Å². The zero-order chi connectivity index (χ0) is 14.6. The van der Waals surface area contributed by atoms with Gasteiger partial charge in [-0.15, -0.1) is 0 Å². The van der Waals surface area contributed by atoms with Crippen LogP contribution in [0.1, 0.15) is 60.3 Å². The molecule has 0 aromatic heterocycles. The van der Waals surface area contributed by atoms with E-state index in [1.54, 1.807) is 0 Å². The molecule has 0 radical (unpaired) electrons. The third-order valence-electron chi connectivity index (χ3n) is 4.75. The van der Waals surface area contributed by atoms with Gasteiger partial charge in [0.2, 0.25) is 5.91 Å². The zero-order valence-corrected chi connectivity index (χ0v) is 13.1.